The van der Waals surface area contributed by atoms with Gasteiger partial charge in [0.05, 0.1) is 12.6 Å². The van der Waals surface area contributed by atoms with E-state index in [4.69, 9.17) is 10.8 Å². The summed E-state index contributed by atoms with van der Waals surface area (Å²) < 4.78 is 13.1. The molecule has 72 valence electrons. The molecule has 0 bridgehead atoms. The topological polar surface area (TPSA) is 46.2 Å². The monoisotopic (exact) mass is 201 g/mol. The Labute approximate surface area is 80.9 Å². The van der Waals surface area contributed by atoms with Crippen molar-refractivity contribution in [2.75, 3.05) is 12.9 Å². The molecule has 1 rings (SSSR count). The highest BCUT2D eigenvalue weighted by Gasteiger charge is 2.10. The lowest BCUT2D eigenvalue weighted by Crippen LogP contribution is -2.16. The number of halogens is 1. The molecule has 0 amide bonds. The van der Waals surface area contributed by atoms with Crippen LogP contribution in [0.3, 0.4) is 0 Å². The first kappa shape index (κ1) is 10.5. The molecule has 3 N–H and O–H groups in total. The Morgan fingerprint density at radius 1 is 1.62 bits per heavy atom. The molecule has 2 nitrogen and oxygen atoms in total. The molecule has 0 saturated heterocycles. The number of hydrogen-bond acceptors (Lipinski definition) is 3. The minimum absolute atomic E-state index is 0.241. The molecule has 1 unspecified atom stereocenters. The first-order chi connectivity index (χ1) is 6.19. The SMILES string of the molecule is CSc1ccc(F)c(C(N)CO)c1. The van der Waals surface area contributed by atoms with Crippen molar-refractivity contribution in [3.63, 3.8) is 0 Å². The molecule has 0 spiro atoms. The number of rotatable bonds is 3. The van der Waals surface area contributed by atoms with E-state index >= 15 is 0 Å². The summed E-state index contributed by atoms with van der Waals surface area (Å²) in [5.41, 5.74) is 5.89. The highest BCUT2D eigenvalue weighted by Crippen LogP contribution is 2.22. The lowest BCUT2D eigenvalue weighted by Gasteiger charge is -2.10. The smallest absolute Gasteiger partial charge is 0.128 e. The molecule has 1 aromatic carbocycles. The van der Waals surface area contributed by atoms with Gasteiger partial charge in [-0.05, 0) is 24.5 Å². The minimum Gasteiger partial charge on any atom is -0.394 e. The molecule has 0 fully saturated rings. The third-order valence-corrected chi connectivity index (χ3v) is 2.52. The van der Waals surface area contributed by atoms with E-state index in [0.29, 0.717) is 5.56 Å². The second-order valence-electron chi connectivity index (χ2n) is 2.68. The first-order valence-electron chi connectivity index (χ1n) is 3.89. The summed E-state index contributed by atoms with van der Waals surface area (Å²) in [5, 5.41) is 8.78. The molecule has 0 aliphatic carbocycles. The van der Waals surface area contributed by atoms with E-state index in [0.717, 1.165) is 4.90 Å². The van der Waals surface area contributed by atoms with Crippen molar-refractivity contribution in [1.29, 1.82) is 0 Å². The highest BCUT2D eigenvalue weighted by atomic mass is 32.2. The fraction of sp³-hybridized carbons (Fsp3) is 0.333. The Hall–Kier alpha value is -0.580. The summed E-state index contributed by atoms with van der Waals surface area (Å²) in [5.74, 6) is -0.362. The average Bonchev–Trinajstić information content (AvgIpc) is 2.17. The molecular formula is C9H12FNOS. The van der Waals surface area contributed by atoms with Crippen LogP contribution in [0.1, 0.15) is 11.6 Å². The van der Waals surface area contributed by atoms with Gasteiger partial charge >= 0.3 is 0 Å². The van der Waals surface area contributed by atoms with Crippen molar-refractivity contribution < 1.29 is 9.50 Å². The van der Waals surface area contributed by atoms with E-state index < -0.39 is 6.04 Å². The van der Waals surface area contributed by atoms with Crippen molar-refractivity contribution in [1.82, 2.24) is 0 Å². The number of thioether (sulfide) groups is 1. The zero-order valence-corrected chi connectivity index (χ0v) is 8.14. The molecule has 0 aromatic heterocycles. The van der Waals surface area contributed by atoms with Crippen LogP contribution in [0, 0.1) is 5.82 Å². The van der Waals surface area contributed by atoms with Gasteiger partial charge < -0.3 is 10.8 Å². The summed E-state index contributed by atoms with van der Waals surface area (Å²) in [6, 6.07) is 4.10. The Balaban J connectivity index is 3.03. The highest BCUT2D eigenvalue weighted by molar-refractivity contribution is 7.98. The molecule has 0 heterocycles. The Kier molecular flexibility index (Phi) is 3.71. The molecule has 1 atom stereocenters. The van der Waals surface area contributed by atoms with Crippen LogP contribution in [0.15, 0.2) is 23.1 Å². The second kappa shape index (κ2) is 4.60. The van der Waals surface area contributed by atoms with Gasteiger partial charge in [-0.2, -0.15) is 0 Å². The largest absolute Gasteiger partial charge is 0.394 e. The molecule has 0 radical (unpaired) electrons. The van der Waals surface area contributed by atoms with E-state index in [9.17, 15) is 4.39 Å². The maximum atomic E-state index is 13.1. The standard InChI is InChI=1S/C9H12FNOS/c1-13-6-2-3-8(10)7(4-6)9(11)5-12/h2-4,9,12H,5,11H2,1H3. The van der Waals surface area contributed by atoms with Crippen molar-refractivity contribution in [3.8, 4) is 0 Å². The summed E-state index contributed by atoms with van der Waals surface area (Å²) in [4.78, 5) is 0.945. The van der Waals surface area contributed by atoms with Gasteiger partial charge in [0.25, 0.3) is 0 Å². The first-order valence-corrected chi connectivity index (χ1v) is 5.11. The summed E-state index contributed by atoms with van der Waals surface area (Å²) in [6.07, 6.45) is 1.90. The van der Waals surface area contributed by atoms with E-state index in [2.05, 4.69) is 0 Å². The molecule has 4 heteroatoms. The molecule has 0 aliphatic rings. The van der Waals surface area contributed by atoms with E-state index in [1.165, 1.54) is 17.8 Å². The van der Waals surface area contributed by atoms with Gasteiger partial charge in [0, 0.05) is 10.5 Å². The number of aliphatic hydroxyl groups excluding tert-OH is 1. The minimum atomic E-state index is -0.632. The Morgan fingerprint density at radius 2 is 2.31 bits per heavy atom. The van der Waals surface area contributed by atoms with Gasteiger partial charge in [-0.15, -0.1) is 11.8 Å². The van der Waals surface area contributed by atoms with Crippen LogP contribution in [0.4, 0.5) is 4.39 Å². The third kappa shape index (κ3) is 2.43. The lowest BCUT2D eigenvalue weighted by atomic mass is 10.1. The third-order valence-electron chi connectivity index (χ3n) is 1.80. The van der Waals surface area contributed by atoms with Crippen LogP contribution < -0.4 is 5.73 Å². The van der Waals surface area contributed by atoms with E-state index in [-0.39, 0.29) is 12.4 Å². The maximum Gasteiger partial charge on any atom is 0.128 e. The maximum absolute atomic E-state index is 13.1. The summed E-state index contributed by atoms with van der Waals surface area (Å²) in [6.45, 7) is -0.241. The van der Waals surface area contributed by atoms with Gasteiger partial charge in [0.1, 0.15) is 5.82 Å². The molecule has 13 heavy (non-hydrogen) atoms. The van der Waals surface area contributed by atoms with Gasteiger partial charge in [-0.1, -0.05) is 0 Å². The van der Waals surface area contributed by atoms with E-state index in [1.54, 1.807) is 12.1 Å². The zero-order valence-electron chi connectivity index (χ0n) is 7.33. The van der Waals surface area contributed by atoms with Crippen LogP contribution in [0.25, 0.3) is 0 Å². The number of aliphatic hydroxyl groups is 1. The van der Waals surface area contributed by atoms with Crippen LogP contribution in [0.2, 0.25) is 0 Å². The van der Waals surface area contributed by atoms with Crippen molar-refractivity contribution in [2.24, 2.45) is 5.73 Å². The summed E-state index contributed by atoms with van der Waals surface area (Å²) in [7, 11) is 0. The number of hydrogen-bond donors (Lipinski definition) is 2. The fourth-order valence-corrected chi connectivity index (χ4v) is 1.48. The predicted molar refractivity (Wildman–Crippen MR) is 52.2 cm³/mol. The predicted octanol–water partition coefficient (Wildman–Crippen LogP) is 1.54. The van der Waals surface area contributed by atoms with Gasteiger partial charge in [-0.3, -0.25) is 0 Å². The summed E-state index contributed by atoms with van der Waals surface area (Å²) >= 11 is 1.52. The van der Waals surface area contributed by atoms with Crippen molar-refractivity contribution >= 4 is 11.8 Å². The zero-order chi connectivity index (χ0) is 9.84. The number of nitrogens with two attached hydrogens (primary N) is 1. The molecule has 0 aliphatic heterocycles. The Bertz CT molecular complexity index is 293. The Morgan fingerprint density at radius 3 is 2.85 bits per heavy atom. The van der Waals surface area contributed by atoms with Crippen molar-refractivity contribution in [2.45, 2.75) is 10.9 Å². The van der Waals surface area contributed by atoms with E-state index in [1.807, 2.05) is 6.26 Å². The number of benzene rings is 1. The molecule has 0 saturated carbocycles. The van der Waals surface area contributed by atoms with Crippen molar-refractivity contribution in [3.05, 3.63) is 29.6 Å². The van der Waals surface area contributed by atoms with Crippen LogP contribution in [-0.2, 0) is 0 Å². The average molecular weight is 201 g/mol. The lowest BCUT2D eigenvalue weighted by molar-refractivity contribution is 0.265. The van der Waals surface area contributed by atoms with Gasteiger partial charge in [0.15, 0.2) is 0 Å². The fourth-order valence-electron chi connectivity index (χ4n) is 1.03. The van der Waals surface area contributed by atoms with Crippen LogP contribution in [-0.4, -0.2) is 18.0 Å². The van der Waals surface area contributed by atoms with Gasteiger partial charge in [0.2, 0.25) is 0 Å². The molecular weight excluding hydrogens is 189 g/mol. The second-order valence-corrected chi connectivity index (χ2v) is 3.56. The normalized spacial score (nSPS) is 12.9. The van der Waals surface area contributed by atoms with Gasteiger partial charge in [-0.25, -0.2) is 4.39 Å². The molecule has 1 aromatic rings. The van der Waals surface area contributed by atoms with Crippen LogP contribution >= 0.6 is 11.8 Å². The van der Waals surface area contributed by atoms with Crippen LogP contribution in [0.5, 0.6) is 0 Å². The quantitative estimate of drug-likeness (QED) is 0.729.